The van der Waals surface area contributed by atoms with Crippen LogP contribution in [0.4, 0.5) is 0 Å². The van der Waals surface area contributed by atoms with Gasteiger partial charge in [0.1, 0.15) is 18.1 Å². The molecule has 126 valence electrons. The summed E-state index contributed by atoms with van der Waals surface area (Å²) in [5.41, 5.74) is 0. The Morgan fingerprint density at radius 1 is 1.14 bits per heavy atom. The van der Waals surface area contributed by atoms with Gasteiger partial charge in [-0.3, -0.25) is 4.90 Å². The van der Waals surface area contributed by atoms with E-state index in [1.165, 1.54) is 19.4 Å². The summed E-state index contributed by atoms with van der Waals surface area (Å²) in [5.74, 6) is 1.83. The summed E-state index contributed by atoms with van der Waals surface area (Å²) in [6.07, 6.45) is 3.59. The standard InChI is InChI=1S/C17H28N2O2.ClH/c1-3-12-20-16-6-8-17(9-7-16)21-13-11-19-10-4-5-15(14-19)18-2;/h6-9,15,18H,3-5,10-14H2,1-2H3;1H. The minimum atomic E-state index is 0. The maximum atomic E-state index is 5.82. The molecule has 0 aromatic heterocycles. The van der Waals surface area contributed by atoms with Gasteiger partial charge in [-0.2, -0.15) is 0 Å². The molecule has 22 heavy (non-hydrogen) atoms. The topological polar surface area (TPSA) is 33.7 Å². The molecule has 1 saturated heterocycles. The summed E-state index contributed by atoms with van der Waals surface area (Å²) < 4.78 is 11.4. The molecule has 1 N–H and O–H groups in total. The van der Waals surface area contributed by atoms with Gasteiger partial charge in [0.2, 0.25) is 0 Å². The van der Waals surface area contributed by atoms with Crippen LogP contribution in [0.1, 0.15) is 26.2 Å². The predicted molar refractivity (Wildman–Crippen MR) is 93.5 cm³/mol. The summed E-state index contributed by atoms with van der Waals surface area (Å²) >= 11 is 0. The second-order valence-electron chi connectivity index (χ2n) is 5.60. The fourth-order valence-electron chi connectivity index (χ4n) is 2.64. The highest BCUT2D eigenvalue weighted by Gasteiger charge is 2.17. The number of piperidine rings is 1. The predicted octanol–water partition coefficient (Wildman–Crippen LogP) is 2.96. The van der Waals surface area contributed by atoms with Gasteiger partial charge in [0.05, 0.1) is 6.61 Å². The number of hydrogen-bond acceptors (Lipinski definition) is 4. The van der Waals surface area contributed by atoms with E-state index in [1.807, 2.05) is 31.3 Å². The highest BCUT2D eigenvalue weighted by atomic mass is 35.5. The Labute approximate surface area is 140 Å². The fraction of sp³-hybridized carbons (Fsp3) is 0.647. The van der Waals surface area contributed by atoms with Crippen LogP contribution in [0, 0.1) is 0 Å². The van der Waals surface area contributed by atoms with Crippen LogP contribution in [0.15, 0.2) is 24.3 Å². The summed E-state index contributed by atoms with van der Waals surface area (Å²) in [7, 11) is 2.05. The van der Waals surface area contributed by atoms with Crippen LogP contribution < -0.4 is 14.8 Å². The van der Waals surface area contributed by atoms with Crippen molar-refractivity contribution in [3.05, 3.63) is 24.3 Å². The van der Waals surface area contributed by atoms with Gasteiger partial charge in [0.15, 0.2) is 0 Å². The number of rotatable bonds is 8. The monoisotopic (exact) mass is 328 g/mol. The smallest absolute Gasteiger partial charge is 0.119 e. The Bertz CT molecular complexity index is 400. The van der Waals surface area contributed by atoms with E-state index in [0.29, 0.717) is 6.04 Å². The van der Waals surface area contributed by atoms with Crippen molar-refractivity contribution in [1.82, 2.24) is 10.2 Å². The van der Waals surface area contributed by atoms with Crippen LogP contribution in [-0.2, 0) is 0 Å². The summed E-state index contributed by atoms with van der Waals surface area (Å²) in [6.45, 7) is 6.92. The Balaban J connectivity index is 0.00000242. The van der Waals surface area contributed by atoms with Crippen molar-refractivity contribution in [2.45, 2.75) is 32.2 Å². The highest BCUT2D eigenvalue weighted by molar-refractivity contribution is 5.85. The Morgan fingerprint density at radius 2 is 1.77 bits per heavy atom. The third-order valence-corrected chi connectivity index (χ3v) is 3.89. The number of benzene rings is 1. The molecule has 0 bridgehead atoms. The zero-order valence-electron chi connectivity index (χ0n) is 13.7. The van der Waals surface area contributed by atoms with E-state index in [4.69, 9.17) is 9.47 Å². The molecule has 1 atom stereocenters. The van der Waals surface area contributed by atoms with Gasteiger partial charge >= 0.3 is 0 Å². The largest absolute Gasteiger partial charge is 0.494 e. The lowest BCUT2D eigenvalue weighted by Crippen LogP contribution is -2.45. The Morgan fingerprint density at radius 3 is 2.36 bits per heavy atom. The summed E-state index contributed by atoms with van der Waals surface area (Å²) in [5, 5.41) is 3.37. The SMILES string of the molecule is CCCOc1ccc(OCCN2CCCC(NC)C2)cc1.Cl. The quantitative estimate of drug-likeness (QED) is 0.795. The molecule has 1 aliphatic rings. The van der Waals surface area contributed by atoms with Crippen molar-refractivity contribution in [2.75, 3.05) is 39.9 Å². The van der Waals surface area contributed by atoms with Crippen LogP contribution >= 0.6 is 12.4 Å². The van der Waals surface area contributed by atoms with Gasteiger partial charge in [-0.1, -0.05) is 6.92 Å². The van der Waals surface area contributed by atoms with E-state index in [1.54, 1.807) is 0 Å². The van der Waals surface area contributed by atoms with E-state index in [-0.39, 0.29) is 12.4 Å². The molecule has 5 heteroatoms. The van der Waals surface area contributed by atoms with Crippen molar-refractivity contribution < 1.29 is 9.47 Å². The lowest BCUT2D eigenvalue weighted by atomic mass is 10.1. The third-order valence-electron chi connectivity index (χ3n) is 3.89. The van der Waals surface area contributed by atoms with E-state index < -0.39 is 0 Å². The Hall–Kier alpha value is -0.970. The number of halogens is 1. The molecule has 1 aliphatic heterocycles. The van der Waals surface area contributed by atoms with Crippen LogP contribution in [0.2, 0.25) is 0 Å². The van der Waals surface area contributed by atoms with Gasteiger partial charge in [0, 0.05) is 19.1 Å². The molecule has 1 aromatic rings. The molecule has 0 aliphatic carbocycles. The zero-order chi connectivity index (χ0) is 14.9. The lowest BCUT2D eigenvalue weighted by Gasteiger charge is -2.32. The number of hydrogen-bond donors (Lipinski definition) is 1. The van der Waals surface area contributed by atoms with Crippen LogP contribution in [0.3, 0.4) is 0 Å². The van der Waals surface area contributed by atoms with Crippen molar-refractivity contribution in [1.29, 1.82) is 0 Å². The fourth-order valence-corrected chi connectivity index (χ4v) is 2.64. The zero-order valence-corrected chi connectivity index (χ0v) is 14.5. The van der Waals surface area contributed by atoms with Gasteiger partial charge < -0.3 is 14.8 Å². The molecule has 1 fully saturated rings. The number of likely N-dealkylation sites (N-methyl/N-ethyl adjacent to an activating group) is 1. The first-order chi connectivity index (χ1) is 10.3. The summed E-state index contributed by atoms with van der Waals surface area (Å²) in [4.78, 5) is 2.48. The molecule has 1 heterocycles. The number of nitrogens with zero attached hydrogens (tertiary/aromatic N) is 1. The molecular formula is C17H29ClN2O2. The van der Waals surface area contributed by atoms with Crippen molar-refractivity contribution in [3.63, 3.8) is 0 Å². The maximum absolute atomic E-state index is 5.82. The van der Waals surface area contributed by atoms with Gasteiger partial charge in [-0.05, 0) is 57.1 Å². The molecule has 0 saturated carbocycles. The summed E-state index contributed by atoms with van der Waals surface area (Å²) in [6, 6.07) is 8.55. The molecule has 0 radical (unpaired) electrons. The van der Waals surface area contributed by atoms with Crippen molar-refractivity contribution in [2.24, 2.45) is 0 Å². The first-order valence-electron chi connectivity index (χ1n) is 8.07. The third kappa shape index (κ3) is 6.42. The van der Waals surface area contributed by atoms with E-state index in [0.717, 1.165) is 44.2 Å². The minimum absolute atomic E-state index is 0. The van der Waals surface area contributed by atoms with Crippen LogP contribution in [-0.4, -0.2) is 50.8 Å². The molecule has 4 nitrogen and oxygen atoms in total. The first-order valence-corrected chi connectivity index (χ1v) is 8.07. The van der Waals surface area contributed by atoms with E-state index >= 15 is 0 Å². The van der Waals surface area contributed by atoms with Gasteiger partial charge in [0.25, 0.3) is 0 Å². The normalized spacial score (nSPS) is 18.5. The van der Waals surface area contributed by atoms with Crippen LogP contribution in [0.25, 0.3) is 0 Å². The molecule has 1 unspecified atom stereocenters. The second kappa shape index (κ2) is 10.7. The molecule has 0 spiro atoms. The maximum Gasteiger partial charge on any atom is 0.119 e. The number of ether oxygens (including phenoxy) is 2. The average molecular weight is 329 g/mol. The van der Waals surface area contributed by atoms with Crippen molar-refractivity contribution in [3.8, 4) is 11.5 Å². The van der Waals surface area contributed by atoms with Crippen LogP contribution in [0.5, 0.6) is 11.5 Å². The number of nitrogens with one attached hydrogen (secondary N) is 1. The van der Waals surface area contributed by atoms with E-state index in [9.17, 15) is 0 Å². The minimum Gasteiger partial charge on any atom is -0.494 e. The lowest BCUT2D eigenvalue weighted by molar-refractivity contribution is 0.162. The second-order valence-corrected chi connectivity index (χ2v) is 5.60. The highest BCUT2D eigenvalue weighted by Crippen LogP contribution is 2.18. The first kappa shape index (κ1) is 19.1. The van der Waals surface area contributed by atoms with E-state index in [2.05, 4.69) is 17.1 Å². The molecule has 2 rings (SSSR count). The molecule has 0 amide bonds. The van der Waals surface area contributed by atoms with Gasteiger partial charge in [-0.25, -0.2) is 0 Å². The molecular weight excluding hydrogens is 300 g/mol. The Kier molecular flexibility index (Phi) is 9.28. The number of likely N-dealkylation sites (tertiary alicyclic amines) is 1. The molecule has 1 aromatic carbocycles. The average Bonchev–Trinajstić information content (AvgIpc) is 2.54. The van der Waals surface area contributed by atoms with Gasteiger partial charge in [-0.15, -0.1) is 12.4 Å². The van der Waals surface area contributed by atoms with Crippen molar-refractivity contribution >= 4 is 12.4 Å².